The van der Waals surface area contributed by atoms with Crippen LogP contribution < -0.4 is 15.1 Å². The van der Waals surface area contributed by atoms with E-state index in [4.69, 9.17) is 0 Å². The van der Waals surface area contributed by atoms with Gasteiger partial charge < -0.3 is 20.2 Å². The molecule has 2 heterocycles. The minimum Gasteiger partial charge on any atom is -0.478 e. The van der Waals surface area contributed by atoms with E-state index in [-0.39, 0.29) is 11.6 Å². The number of carbonyl (C=O) groups is 1. The van der Waals surface area contributed by atoms with Crippen molar-refractivity contribution in [2.45, 2.75) is 12.5 Å². The Labute approximate surface area is 195 Å². The van der Waals surface area contributed by atoms with Gasteiger partial charge in [-0.15, -0.1) is 0 Å². The molecule has 4 rings (SSSR count). The predicted molar refractivity (Wildman–Crippen MR) is 134 cm³/mol. The fourth-order valence-corrected chi connectivity index (χ4v) is 4.35. The molecule has 2 N–H and O–H groups in total. The molecule has 172 valence electrons. The third kappa shape index (κ3) is 4.78. The van der Waals surface area contributed by atoms with Gasteiger partial charge in [0.15, 0.2) is 0 Å². The Morgan fingerprint density at radius 1 is 1.09 bits per heavy atom. The molecule has 1 aliphatic heterocycles. The van der Waals surface area contributed by atoms with Crippen LogP contribution in [0.5, 0.6) is 0 Å². The number of hydrogen-bond acceptors (Lipinski definition) is 6. The van der Waals surface area contributed by atoms with Gasteiger partial charge in [0.25, 0.3) is 0 Å². The predicted octanol–water partition coefficient (Wildman–Crippen LogP) is 4.25. The molecule has 33 heavy (non-hydrogen) atoms. The van der Waals surface area contributed by atoms with Crippen LogP contribution >= 0.6 is 0 Å². The monoisotopic (exact) mass is 445 g/mol. The van der Waals surface area contributed by atoms with Crippen molar-refractivity contribution in [2.75, 3.05) is 56.4 Å². The summed E-state index contributed by atoms with van der Waals surface area (Å²) in [7, 11) is 8.29. The van der Waals surface area contributed by atoms with Crippen LogP contribution in [0.25, 0.3) is 0 Å². The van der Waals surface area contributed by atoms with Crippen LogP contribution in [0.2, 0.25) is 0 Å². The van der Waals surface area contributed by atoms with E-state index in [1.807, 2.05) is 14.1 Å². The topological polar surface area (TPSA) is 71.9 Å². The van der Waals surface area contributed by atoms with Crippen LogP contribution in [0.1, 0.15) is 27.5 Å². The van der Waals surface area contributed by atoms with Crippen molar-refractivity contribution in [3.8, 4) is 0 Å². The lowest BCUT2D eigenvalue weighted by Gasteiger charge is -2.36. The molecule has 0 saturated heterocycles. The van der Waals surface area contributed by atoms with E-state index in [0.29, 0.717) is 12.2 Å². The lowest BCUT2D eigenvalue weighted by molar-refractivity contribution is 0.0697. The summed E-state index contributed by atoms with van der Waals surface area (Å²) in [5, 5.41) is 12.8. The number of hydrogen-bond donors (Lipinski definition) is 2. The van der Waals surface area contributed by atoms with Crippen LogP contribution in [0.15, 0.2) is 60.9 Å². The molecule has 0 unspecified atom stereocenters. The summed E-state index contributed by atoms with van der Waals surface area (Å²) in [6.45, 7) is 1.56. The number of anilines is 4. The Kier molecular flexibility index (Phi) is 6.51. The van der Waals surface area contributed by atoms with Crippen LogP contribution in [0.4, 0.5) is 22.7 Å². The van der Waals surface area contributed by atoms with Crippen molar-refractivity contribution in [1.29, 1.82) is 0 Å². The maximum atomic E-state index is 11.5. The van der Waals surface area contributed by atoms with E-state index in [1.54, 1.807) is 6.20 Å². The Morgan fingerprint density at radius 2 is 1.79 bits per heavy atom. The molecule has 0 bridgehead atoms. The summed E-state index contributed by atoms with van der Waals surface area (Å²) in [5.74, 6) is -0.955. The Hall–Kier alpha value is -3.58. The molecule has 1 aliphatic rings. The van der Waals surface area contributed by atoms with Gasteiger partial charge in [-0.2, -0.15) is 0 Å². The van der Waals surface area contributed by atoms with E-state index < -0.39 is 5.97 Å². The molecule has 7 heteroatoms. The summed E-state index contributed by atoms with van der Waals surface area (Å²) in [6, 6.07) is 16.9. The van der Waals surface area contributed by atoms with Gasteiger partial charge in [0.2, 0.25) is 0 Å². The third-order valence-electron chi connectivity index (χ3n) is 6.43. The quantitative estimate of drug-likeness (QED) is 0.563. The van der Waals surface area contributed by atoms with Crippen molar-refractivity contribution in [1.82, 2.24) is 9.88 Å². The summed E-state index contributed by atoms with van der Waals surface area (Å²) in [4.78, 5) is 22.2. The number of aromatic nitrogens is 1. The first-order chi connectivity index (χ1) is 15.8. The van der Waals surface area contributed by atoms with Crippen molar-refractivity contribution in [3.63, 3.8) is 0 Å². The van der Waals surface area contributed by atoms with E-state index >= 15 is 0 Å². The zero-order chi connectivity index (χ0) is 23.5. The molecule has 0 spiro atoms. The van der Waals surface area contributed by atoms with Gasteiger partial charge in [-0.25, -0.2) is 4.79 Å². The smallest absolute Gasteiger partial charge is 0.337 e. The minimum absolute atomic E-state index is 0.148. The molecular formula is C26H31N5O2. The summed E-state index contributed by atoms with van der Waals surface area (Å²) in [6.07, 6.45) is 4.06. The summed E-state index contributed by atoms with van der Waals surface area (Å²) >= 11 is 0. The maximum absolute atomic E-state index is 11.5. The van der Waals surface area contributed by atoms with Gasteiger partial charge >= 0.3 is 5.97 Å². The van der Waals surface area contributed by atoms with Gasteiger partial charge in [-0.05, 0) is 67.1 Å². The van der Waals surface area contributed by atoms with E-state index in [0.717, 1.165) is 24.3 Å². The third-order valence-corrected chi connectivity index (χ3v) is 6.43. The van der Waals surface area contributed by atoms with Crippen LogP contribution in [0.3, 0.4) is 0 Å². The van der Waals surface area contributed by atoms with Crippen molar-refractivity contribution in [3.05, 3.63) is 77.6 Å². The van der Waals surface area contributed by atoms with E-state index in [2.05, 4.69) is 81.6 Å². The van der Waals surface area contributed by atoms with Crippen LogP contribution in [-0.4, -0.2) is 62.2 Å². The summed E-state index contributed by atoms with van der Waals surface area (Å²) in [5.41, 5.74) is 6.86. The molecule has 0 amide bonds. The number of nitrogens with zero attached hydrogens (tertiary/aromatic N) is 4. The van der Waals surface area contributed by atoms with Gasteiger partial charge in [0.1, 0.15) is 0 Å². The van der Waals surface area contributed by atoms with Gasteiger partial charge in [0.05, 0.1) is 23.5 Å². The van der Waals surface area contributed by atoms with Gasteiger partial charge in [-0.1, -0.05) is 6.07 Å². The molecule has 0 radical (unpaired) electrons. The Morgan fingerprint density at radius 3 is 2.48 bits per heavy atom. The van der Waals surface area contributed by atoms with Crippen molar-refractivity contribution >= 4 is 28.7 Å². The number of rotatable bonds is 7. The molecule has 0 aliphatic carbocycles. The Balaban J connectivity index is 1.54. The molecule has 1 aromatic heterocycles. The lowest BCUT2D eigenvalue weighted by atomic mass is 9.92. The van der Waals surface area contributed by atoms with Crippen LogP contribution in [0, 0.1) is 0 Å². The molecule has 7 nitrogen and oxygen atoms in total. The molecule has 2 aromatic carbocycles. The number of benzene rings is 2. The normalized spacial score (nSPS) is 15.6. The first-order valence-electron chi connectivity index (χ1n) is 11.1. The lowest BCUT2D eigenvalue weighted by Crippen LogP contribution is -2.36. The molecule has 0 fully saturated rings. The van der Waals surface area contributed by atoms with Crippen LogP contribution in [-0.2, 0) is 6.42 Å². The number of aromatic carboxylic acids is 1. The second-order valence-electron chi connectivity index (χ2n) is 8.71. The van der Waals surface area contributed by atoms with Crippen molar-refractivity contribution < 1.29 is 9.90 Å². The van der Waals surface area contributed by atoms with Gasteiger partial charge in [-0.3, -0.25) is 9.88 Å². The number of carboxylic acid groups (broad SMARTS) is 1. The van der Waals surface area contributed by atoms with Gasteiger partial charge in [0, 0.05) is 57.5 Å². The average molecular weight is 446 g/mol. The van der Waals surface area contributed by atoms with E-state index in [9.17, 15) is 9.90 Å². The number of pyridine rings is 1. The highest BCUT2D eigenvalue weighted by atomic mass is 16.4. The fraction of sp³-hybridized carbons (Fsp3) is 0.308. The maximum Gasteiger partial charge on any atom is 0.337 e. The Bertz CT molecular complexity index is 1130. The number of fused-ring (bicyclic) bond motifs is 1. The SMILES string of the molecule is CN(C)c1ccc(N(C)c2ccc3c(c2)CCN(C)[C@@H]3CNc2cnccc2C(=O)O)cc1. The first-order valence-corrected chi connectivity index (χ1v) is 11.1. The zero-order valence-electron chi connectivity index (χ0n) is 19.6. The number of likely N-dealkylation sites (N-methyl/N-ethyl adjacent to an activating group) is 1. The largest absolute Gasteiger partial charge is 0.478 e. The highest BCUT2D eigenvalue weighted by Crippen LogP contribution is 2.34. The molecular weight excluding hydrogens is 414 g/mol. The standard InChI is InChI=1S/C26H31N5O2/c1-29(2)19-5-7-20(8-6-19)31(4)21-9-10-22-18(15-21)12-14-30(3)25(22)17-28-24-16-27-13-11-23(24)26(32)33/h5-11,13,15-16,25,28H,12,14,17H2,1-4H3,(H,32,33)/t25-/m1/s1. The minimum atomic E-state index is -0.955. The first kappa shape index (κ1) is 22.6. The molecule has 1 atom stereocenters. The second kappa shape index (κ2) is 9.50. The van der Waals surface area contributed by atoms with Crippen molar-refractivity contribution in [2.24, 2.45) is 0 Å². The molecule has 0 saturated carbocycles. The average Bonchev–Trinajstić information content (AvgIpc) is 2.83. The number of carboxylic acids is 1. The number of nitrogens with one attached hydrogen (secondary N) is 1. The molecule has 3 aromatic rings. The fourth-order valence-electron chi connectivity index (χ4n) is 4.35. The zero-order valence-corrected chi connectivity index (χ0v) is 19.6. The highest BCUT2D eigenvalue weighted by Gasteiger charge is 2.25. The highest BCUT2D eigenvalue weighted by molar-refractivity contribution is 5.93. The van der Waals surface area contributed by atoms with E-state index in [1.165, 1.54) is 29.1 Å². The second-order valence-corrected chi connectivity index (χ2v) is 8.71. The summed E-state index contributed by atoms with van der Waals surface area (Å²) < 4.78 is 0.